The van der Waals surface area contributed by atoms with Crippen molar-refractivity contribution in [2.24, 2.45) is 0 Å². The van der Waals surface area contributed by atoms with Crippen molar-refractivity contribution in [3.8, 4) is 5.75 Å². The third-order valence-electron chi connectivity index (χ3n) is 2.66. The van der Waals surface area contributed by atoms with Crippen LogP contribution in [0.25, 0.3) is 0 Å². The zero-order valence-electron chi connectivity index (χ0n) is 11.4. The van der Waals surface area contributed by atoms with Gasteiger partial charge in [-0.05, 0) is 29.9 Å². The van der Waals surface area contributed by atoms with Crippen LogP contribution < -0.4 is 15.4 Å². The molecule has 108 valence electrons. The van der Waals surface area contributed by atoms with Crippen molar-refractivity contribution in [2.75, 3.05) is 6.61 Å². The van der Waals surface area contributed by atoms with Crippen molar-refractivity contribution < 1.29 is 9.53 Å². The highest BCUT2D eigenvalue weighted by molar-refractivity contribution is 7.80. The van der Waals surface area contributed by atoms with E-state index in [0.29, 0.717) is 17.4 Å². The Morgan fingerprint density at radius 1 is 1.00 bits per heavy atom. The first-order valence-electron chi connectivity index (χ1n) is 6.53. The van der Waals surface area contributed by atoms with Gasteiger partial charge in [0.2, 0.25) is 0 Å². The zero-order chi connectivity index (χ0) is 14.9. The summed E-state index contributed by atoms with van der Waals surface area (Å²) in [4.78, 5) is 11.7. The molecular weight excluding hydrogens is 284 g/mol. The summed E-state index contributed by atoms with van der Waals surface area (Å²) < 4.78 is 5.33. The molecule has 0 heterocycles. The molecule has 0 atom stereocenters. The van der Waals surface area contributed by atoms with E-state index in [1.807, 2.05) is 48.5 Å². The van der Waals surface area contributed by atoms with E-state index in [0.717, 1.165) is 5.56 Å². The van der Waals surface area contributed by atoms with E-state index in [1.165, 1.54) is 0 Å². The Bertz CT molecular complexity index is 534. The normalized spacial score (nSPS) is 9.71. The van der Waals surface area contributed by atoms with Gasteiger partial charge in [-0.15, -0.1) is 0 Å². The minimum Gasteiger partial charge on any atom is -0.484 e. The molecule has 0 radical (unpaired) electrons. The number of thiocarbonyl (C=S) groups is 1. The van der Waals surface area contributed by atoms with Gasteiger partial charge in [0.05, 0.1) is 0 Å². The topological polar surface area (TPSA) is 50.4 Å². The SMILES string of the molecule is O=C(COc1ccccc1)NC(=S)NCc1ccccc1. The van der Waals surface area contributed by atoms with Crippen LogP contribution in [0.15, 0.2) is 60.7 Å². The fourth-order valence-corrected chi connectivity index (χ4v) is 1.84. The van der Waals surface area contributed by atoms with Gasteiger partial charge in [-0.1, -0.05) is 48.5 Å². The molecule has 21 heavy (non-hydrogen) atoms. The summed E-state index contributed by atoms with van der Waals surface area (Å²) in [6, 6.07) is 19.0. The van der Waals surface area contributed by atoms with E-state index < -0.39 is 0 Å². The largest absolute Gasteiger partial charge is 0.484 e. The third kappa shape index (κ3) is 5.62. The van der Waals surface area contributed by atoms with Crippen molar-refractivity contribution in [1.29, 1.82) is 0 Å². The number of carbonyl (C=O) groups excluding carboxylic acids is 1. The molecule has 0 aliphatic rings. The first-order chi connectivity index (χ1) is 10.2. The lowest BCUT2D eigenvalue weighted by atomic mass is 10.2. The van der Waals surface area contributed by atoms with E-state index in [1.54, 1.807) is 12.1 Å². The van der Waals surface area contributed by atoms with Gasteiger partial charge in [-0.25, -0.2) is 0 Å². The highest BCUT2D eigenvalue weighted by Crippen LogP contribution is 2.07. The van der Waals surface area contributed by atoms with E-state index in [-0.39, 0.29) is 12.5 Å². The molecule has 1 amide bonds. The van der Waals surface area contributed by atoms with Crippen LogP contribution in [0, 0.1) is 0 Å². The number of hydrogen-bond acceptors (Lipinski definition) is 3. The first kappa shape index (κ1) is 15.0. The van der Waals surface area contributed by atoms with Gasteiger partial charge in [0.1, 0.15) is 5.75 Å². The van der Waals surface area contributed by atoms with Crippen LogP contribution in [0.1, 0.15) is 5.56 Å². The summed E-state index contributed by atoms with van der Waals surface area (Å²) in [6.45, 7) is 0.497. The van der Waals surface area contributed by atoms with Crippen molar-refractivity contribution in [3.63, 3.8) is 0 Å². The third-order valence-corrected chi connectivity index (χ3v) is 2.91. The van der Waals surface area contributed by atoms with E-state index >= 15 is 0 Å². The Hall–Kier alpha value is -2.40. The molecule has 0 saturated heterocycles. The Morgan fingerprint density at radius 3 is 2.29 bits per heavy atom. The molecule has 2 aromatic carbocycles. The molecule has 0 saturated carbocycles. The second-order valence-electron chi connectivity index (χ2n) is 4.32. The van der Waals surface area contributed by atoms with E-state index in [9.17, 15) is 4.79 Å². The number of para-hydroxylation sites is 1. The first-order valence-corrected chi connectivity index (χ1v) is 6.94. The van der Waals surface area contributed by atoms with Gasteiger partial charge in [-0.2, -0.15) is 0 Å². The average molecular weight is 300 g/mol. The number of amides is 1. The molecule has 0 aliphatic heterocycles. The van der Waals surface area contributed by atoms with Crippen LogP contribution in [0.4, 0.5) is 0 Å². The predicted molar refractivity (Wildman–Crippen MR) is 86.0 cm³/mol. The Labute approximate surface area is 129 Å². The van der Waals surface area contributed by atoms with E-state index in [2.05, 4.69) is 10.6 Å². The Kier molecular flexibility index (Phi) is 5.72. The number of carbonyl (C=O) groups is 1. The predicted octanol–water partition coefficient (Wildman–Crippen LogP) is 2.26. The summed E-state index contributed by atoms with van der Waals surface area (Å²) in [7, 11) is 0. The number of benzene rings is 2. The zero-order valence-corrected chi connectivity index (χ0v) is 12.2. The van der Waals surface area contributed by atoms with Gasteiger partial charge in [0.25, 0.3) is 5.91 Å². The second-order valence-corrected chi connectivity index (χ2v) is 4.73. The van der Waals surface area contributed by atoms with Crippen LogP contribution in [-0.2, 0) is 11.3 Å². The average Bonchev–Trinajstić information content (AvgIpc) is 2.53. The fourth-order valence-electron chi connectivity index (χ4n) is 1.65. The highest BCUT2D eigenvalue weighted by Gasteiger charge is 2.05. The fraction of sp³-hybridized carbons (Fsp3) is 0.125. The van der Waals surface area contributed by atoms with Gasteiger partial charge in [0, 0.05) is 6.54 Å². The van der Waals surface area contributed by atoms with Gasteiger partial charge >= 0.3 is 0 Å². The summed E-state index contributed by atoms with van der Waals surface area (Å²) in [5.41, 5.74) is 1.09. The van der Waals surface area contributed by atoms with Crippen molar-refractivity contribution >= 4 is 23.2 Å². The molecular formula is C16H16N2O2S. The minimum atomic E-state index is -0.288. The lowest BCUT2D eigenvalue weighted by molar-refractivity contribution is -0.121. The smallest absolute Gasteiger partial charge is 0.264 e. The van der Waals surface area contributed by atoms with Crippen LogP contribution in [0.5, 0.6) is 5.75 Å². The second kappa shape index (κ2) is 8.01. The quantitative estimate of drug-likeness (QED) is 0.832. The maximum atomic E-state index is 11.7. The molecule has 0 aliphatic carbocycles. The van der Waals surface area contributed by atoms with Crippen LogP contribution >= 0.6 is 12.2 Å². The molecule has 0 spiro atoms. The van der Waals surface area contributed by atoms with E-state index in [4.69, 9.17) is 17.0 Å². The standard InChI is InChI=1S/C16H16N2O2S/c19-15(12-20-14-9-5-2-6-10-14)18-16(21)17-11-13-7-3-1-4-8-13/h1-10H,11-12H2,(H2,17,18,19,21). The van der Waals surface area contributed by atoms with Crippen LogP contribution in [0.3, 0.4) is 0 Å². The summed E-state index contributed by atoms with van der Waals surface area (Å²) in [6.07, 6.45) is 0. The van der Waals surface area contributed by atoms with Crippen LogP contribution in [0.2, 0.25) is 0 Å². The number of hydrogen-bond donors (Lipinski definition) is 2. The number of rotatable bonds is 5. The molecule has 0 aromatic heterocycles. The van der Waals surface area contributed by atoms with Crippen molar-refractivity contribution in [2.45, 2.75) is 6.54 Å². The van der Waals surface area contributed by atoms with Crippen molar-refractivity contribution in [3.05, 3.63) is 66.2 Å². The minimum absolute atomic E-state index is 0.0723. The molecule has 0 bridgehead atoms. The van der Waals surface area contributed by atoms with Crippen molar-refractivity contribution in [1.82, 2.24) is 10.6 Å². The van der Waals surface area contributed by atoms with Gasteiger partial charge < -0.3 is 15.4 Å². The molecule has 2 N–H and O–H groups in total. The number of nitrogens with one attached hydrogen (secondary N) is 2. The van der Waals surface area contributed by atoms with Gasteiger partial charge in [0.15, 0.2) is 11.7 Å². The lowest BCUT2D eigenvalue weighted by Crippen LogP contribution is -2.41. The Balaban J connectivity index is 1.69. The molecule has 4 nitrogen and oxygen atoms in total. The number of ether oxygens (including phenoxy) is 1. The molecule has 0 fully saturated rings. The monoisotopic (exact) mass is 300 g/mol. The Morgan fingerprint density at radius 2 is 1.62 bits per heavy atom. The summed E-state index contributed by atoms with van der Waals surface area (Å²) in [5, 5.41) is 5.84. The molecule has 2 rings (SSSR count). The maximum absolute atomic E-state index is 11.7. The maximum Gasteiger partial charge on any atom is 0.264 e. The molecule has 5 heteroatoms. The summed E-state index contributed by atoms with van der Waals surface area (Å²) in [5.74, 6) is 0.361. The highest BCUT2D eigenvalue weighted by atomic mass is 32.1. The van der Waals surface area contributed by atoms with Crippen LogP contribution in [-0.4, -0.2) is 17.6 Å². The molecule has 0 unspecified atom stereocenters. The molecule has 2 aromatic rings. The van der Waals surface area contributed by atoms with Gasteiger partial charge in [-0.3, -0.25) is 4.79 Å². The lowest BCUT2D eigenvalue weighted by Gasteiger charge is -2.10. The summed E-state index contributed by atoms with van der Waals surface area (Å²) >= 11 is 5.06.